The second-order valence-electron chi connectivity index (χ2n) is 8.00. The number of nitrogens with two attached hydrogens (primary N) is 1. The summed E-state index contributed by atoms with van der Waals surface area (Å²) in [5.41, 5.74) is 8.96. The third-order valence-electron chi connectivity index (χ3n) is 6.06. The molecule has 0 aromatic carbocycles. The number of pyridine rings is 1. The highest BCUT2D eigenvalue weighted by molar-refractivity contribution is 6.02. The van der Waals surface area contributed by atoms with Crippen molar-refractivity contribution in [2.24, 2.45) is 11.7 Å². The first-order chi connectivity index (χ1) is 15.9. The average Bonchev–Trinajstić information content (AvgIpc) is 3.43. The van der Waals surface area contributed by atoms with Crippen molar-refractivity contribution in [1.29, 1.82) is 5.26 Å². The molecule has 0 radical (unpaired) electrons. The van der Waals surface area contributed by atoms with Gasteiger partial charge in [-0.15, -0.1) is 0 Å². The summed E-state index contributed by atoms with van der Waals surface area (Å²) in [6.07, 6.45) is 5.66. The zero-order chi connectivity index (χ0) is 23.5. The van der Waals surface area contributed by atoms with E-state index in [2.05, 4.69) is 22.3 Å². The number of hydrogen-bond donors (Lipinski definition) is 2. The van der Waals surface area contributed by atoms with Gasteiger partial charge in [0.1, 0.15) is 6.42 Å². The van der Waals surface area contributed by atoms with Gasteiger partial charge in [-0.25, -0.2) is 9.50 Å². The molecule has 2 amide bonds. The number of fused-ring (bicyclic) bond motifs is 1. The monoisotopic (exact) mass is 447 g/mol. The van der Waals surface area contributed by atoms with E-state index in [4.69, 9.17) is 15.7 Å². The molecule has 170 valence electrons. The fourth-order valence-corrected chi connectivity index (χ4v) is 4.27. The molecule has 1 fully saturated rings. The van der Waals surface area contributed by atoms with E-state index in [9.17, 15) is 9.59 Å². The number of methoxy groups -OCH3 is 1. The molecule has 3 aromatic heterocycles. The Labute approximate surface area is 191 Å². The number of anilines is 1. The average molecular weight is 447 g/mol. The zero-order valence-electron chi connectivity index (χ0n) is 18.5. The van der Waals surface area contributed by atoms with E-state index in [1.807, 2.05) is 30.5 Å². The van der Waals surface area contributed by atoms with Crippen LogP contribution >= 0.6 is 0 Å². The predicted molar refractivity (Wildman–Crippen MR) is 121 cm³/mol. The largest absolute Gasteiger partial charge is 0.481 e. The molecule has 33 heavy (non-hydrogen) atoms. The van der Waals surface area contributed by atoms with Gasteiger partial charge in [0.25, 0.3) is 5.91 Å². The van der Waals surface area contributed by atoms with Crippen LogP contribution in [0.2, 0.25) is 0 Å². The fourth-order valence-electron chi connectivity index (χ4n) is 4.27. The van der Waals surface area contributed by atoms with Crippen molar-refractivity contribution in [3.05, 3.63) is 42.4 Å². The van der Waals surface area contributed by atoms with Gasteiger partial charge < -0.3 is 20.7 Å². The van der Waals surface area contributed by atoms with Crippen LogP contribution in [-0.4, -0.2) is 57.6 Å². The van der Waals surface area contributed by atoms with Gasteiger partial charge in [0, 0.05) is 43.2 Å². The highest BCUT2D eigenvalue weighted by Gasteiger charge is 2.35. The third kappa shape index (κ3) is 4.30. The van der Waals surface area contributed by atoms with Crippen molar-refractivity contribution >= 4 is 23.0 Å². The Morgan fingerprint density at radius 3 is 2.85 bits per heavy atom. The van der Waals surface area contributed by atoms with E-state index in [-0.39, 0.29) is 29.9 Å². The van der Waals surface area contributed by atoms with E-state index in [1.54, 1.807) is 22.7 Å². The van der Waals surface area contributed by atoms with Gasteiger partial charge in [0.05, 0.1) is 36.1 Å². The first-order valence-corrected chi connectivity index (χ1v) is 10.7. The number of primary amides is 1. The normalized spacial score (nSPS) is 17.7. The van der Waals surface area contributed by atoms with Crippen LogP contribution in [-0.2, 0) is 4.79 Å². The Balaban J connectivity index is 1.73. The summed E-state index contributed by atoms with van der Waals surface area (Å²) in [6, 6.07) is 7.43. The van der Waals surface area contributed by atoms with E-state index in [0.717, 1.165) is 17.5 Å². The number of aromatic nitrogens is 3. The lowest BCUT2D eigenvalue weighted by atomic mass is 10.00. The Morgan fingerprint density at radius 2 is 2.15 bits per heavy atom. The molecule has 0 saturated carbocycles. The molecule has 3 N–H and O–H groups in total. The van der Waals surface area contributed by atoms with Crippen molar-refractivity contribution in [2.45, 2.75) is 25.8 Å². The number of carbonyl (C=O) groups excluding carboxylic acids is 2. The molecular formula is C23H25N7O3. The number of nitrogens with one attached hydrogen (secondary N) is 1. The van der Waals surface area contributed by atoms with Crippen LogP contribution in [0.15, 0.2) is 36.8 Å². The summed E-state index contributed by atoms with van der Waals surface area (Å²) in [6.45, 7) is 3.06. The summed E-state index contributed by atoms with van der Waals surface area (Å²) >= 11 is 0. The van der Waals surface area contributed by atoms with Crippen LogP contribution in [0.1, 0.15) is 30.1 Å². The maximum absolute atomic E-state index is 12.3. The van der Waals surface area contributed by atoms with Gasteiger partial charge in [-0.1, -0.05) is 6.92 Å². The lowest BCUT2D eigenvalue weighted by molar-refractivity contribution is -0.129. The van der Waals surface area contributed by atoms with E-state index >= 15 is 0 Å². The third-order valence-corrected chi connectivity index (χ3v) is 6.06. The Bertz CT molecular complexity index is 1250. The quantitative estimate of drug-likeness (QED) is 0.565. The smallest absolute Gasteiger partial charge is 0.252 e. The molecule has 10 heteroatoms. The number of nitrogens with zero attached hydrogens (tertiary/aromatic N) is 5. The Morgan fingerprint density at radius 1 is 1.33 bits per heavy atom. The molecule has 0 aliphatic carbocycles. The number of likely N-dealkylation sites (tertiary alicyclic amines) is 1. The number of carbonyl (C=O) groups is 2. The fraction of sp³-hybridized carbons (Fsp3) is 0.348. The molecule has 4 heterocycles. The standard InChI is InChI=1S/C23H25N7O3/c1-3-14-11-29(21(31)4-6-24)13-18(14)28-22-17(23(25)32)10-27-30-12-16(8-19(22)30)15-5-7-26-20(9-15)33-2/h5,7-10,12,14,18,28H,3-4,11,13H2,1-2H3,(H2,25,32). The summed E-state index contributed by atoms with van der Waals surface area (Å²) in [5, 5.41) is 16.7. The van der Waals surface area contributed by atoms with E-state index in [0.29, 0.717) is 30.2 Å². The van der Waals surface area contributed by atoms with Crippen molar-refractivity contribution in [3.8, 4) is 23.1 Å². The molecule has 0 bridgehead atoms. The number of nitriles is 1. The molecular weight excluding hydrogens is 422 g/mol. The Hall–Kier alpha value is -4.13. The van der Waals surface area contributed by atoms with Gasteiger partial charge in [-0.2, -0.15) is 10.4 Å². The Kier molecular flexibility index (Phi) is 6.13. The molecule has 0 spiro atoms. The van der Waals surface area contributed by atoms with Gasteiger partial charge in [0.15, 0.2) is 0 Å². The molecule has 1 aliphatic rings. The minimum atomic E-state index is -0.593. The lowest BCUT2D eigenvalue weighted by Crippen LogP contribution is -2.32. The second-order valence-corrected chi connectivity index (χ2v) is 8.00. The minimum absolute atomic E-state index is 0.0960. The van der Waals surface area contributed by atoms with Crippen LogP contribution in [0, 0.1) is 17.2 Å². The topological polar surface area (TPSA) is 139 Å². The zero-order valence-corrected chi connectivity index (χ0v) is 18.5. The van der Waals surface area contributed by atoms with E-state index in [1.165, 1.54) is 6.20 Å². The molecule has 4 rings (SSSR count). The molecule has 3 aromatic rings. The minimum Gasteiger partial charge on any atom is -0.481 e. The maximum Gasteiger partial charge on any atom is 0.252 e. The number of rotatable bonds is 7. The van der Waals surface area contributed by atoms with E-state index < -0.39 is 5.91 Å². The van der Waals surface area contributed by atoms with Crippen molar-refractivity contribution in [1.82, 2.24) is 19.5 Å². The van der Waals surface area contributed by atoms with Crippen LogP contribution in [0.4, 0.5) is 5.69 Å². The van der Waals surface area contributed by atoms with Gasteiger partial charge >= 0.3 is 0 Å². The SMILES string of the molecule is CCC1CN(C(=O)CC#N)CC1Nc1c(C(N)=O)cnn2cc(-c3ccnc(OC)c3)cc12. The summed E-state index contributed by atoms with van der Waals surface area (Å²) in [7, 11) is 1.56. The van der Waals surface area contributed by atoms with Crippen LogP contribution in [0.3, 0.4) is 0 Å². The van der Waals surface area contributed by atoms with Gasteiger partial charge in [0.2, 0.25) is 11.8 Å². The first-order valence-electron chi connectivity index (χ1n) is 10.7. The predicted octanol–water partition coefficient (Wildman–Crippen LogP) is 2.07. The summed E-state index contributed by atoms with van der Waals surface area (Å²) in [4.78, 5) is 30.3. The molecule has 1 saturated heterocycles. The summed E-state index contributed by atoms with van der Waals surface area (Å²) < 4.78 is 6.91. The van der Waals surface area contributed by atoms with Crippen LogP contribution in [0.5, 0.6) is 5.88 Å². The lowest BCUT2D eigenvalue weighted by Gasteiger charge is -2.21. The van der Waals surface area contributed by atoms with Crippen molar-refractivity contribution in [2.75, 3.05) is 25.5 Å². The maximum atomic E-state index is 12.3. The second kappa shape index (κ2) is 9.16. The highest BCUT2D eigenvalue weighted by atomic mass is 16.5. The number of amides is 2. The summed E-state index contributed by atoms with van der Waals surface area (Å²) in [5.74, 6) is -0.123. The van der Waals surface area contributed by atoms with Gasteiger partial charge in [-0.05, 0) is 30.0 Å². The van der Waals surface area contributed by atoms with Crippen molar-refractivity contribution in [3.63, 3.8) is 0 Å². The number of hydrogen-bond acceptors (Lipinski definition) is 7. The van der Waals surface area contributed by atoms with Crippen molar-refractivity contribution < 1.29 is 14.3 Å². The molecule has 2 atom stereocenters. The highest BCUT2D eigenvalue weighted by Crippen LogP contribution is 2.32. The van der Waals surface area contributed by atoms with Gasteiger partial charge in [-0.3, -0.25) is 9.59 Å². The molecule has 2 unspecified atom stereocenters. The van der Waals surface area contributed by atoms with Crippen LogP contribution in [0.25, 0.3) is 16.6 Å². The number of ether oxygens (including phenoxy) is 1. The van der Waals surface area contributed by atoms with Crippen LogP contribution < -0.4 is 15.8 Å². The molecule has 10 nitrogen and oxygen atoms in total. The first kappa shape index (κ1) is 22.1. The molecule has 1 aliphatic heterocycles.